The van der Waals surface area contributed by atoms with E-state index in [4.69, 9.17) is 9.16 Å². The zero-order valence-corrected chi connectivity index (χ0v) is 21.6. The Kier molecular flexibility index (Phi) is 9.00. The van der Waals surface area contributed by atoms with Crippen molar-refractivity contribution in [1.29, 1.82) is 0 Å². The lowest BCUT2D eigenvalue weighted by Gasteiger charge is -2.29. The number of fused-ring (bicyclic) bond motifs is 1. The number of aryl methyl sites for hydroxylation is 1. The van der Waals surface area contributed by atoms with Crippen LogP contribution in [0.4, 0.5) is 0 Å². The number of benzene rings is 1. The Morgan fingerprint density at radius 3 is 2.76 bits per heavy atom. The highest BCUT2D eigenvalue weighted by Gasteiger charge is 2.39. The van der Waals surface area contributed by atoms with Crippen molar-refractivity contribution in [2.24, 2.45) is 0 Å². The molecule has 1 unspecified atom stereocenters. The van der Waals surface area contributed by atoms with Gasteiger partial charge in [0.15, 0.2) is 0 Å². The number of aromatic nitrogens is 1. The van der Waals surface area contributed by atoms with Crippen LogP contribution in [-0.4, -0.2) is 51.7 Å². The van der Waals surface area contributed by atoms with E-state index in [1.54, 1.807) is 0 Å². The number of hydrogen-bond acceptors (Lipinski definition) is 5. The van der Waals surface area contributed by atoms with E-state index in [9.17, 15) is 4.79 Å². The minimum Gasteiger partial charge on any atom is -0.466 e. The Labute approximate surface area is 200 Å². The molecule has 1 atom stereocenters. The molecule has 1 heterocycles. The fourth-order valence-corrected chi connectivity index (χ4v) is 4.92. The molecular formula is C27H37N2O3Si+. The Morgan fingerprint density at radius 2 is 2.06 bits per heavy atom. The van der Waals surface area contributed by atoms with Crippen LogP contribution in [0, 0.1) is 0 Å². The molecule has 3 rings (SSSR count). The smallest absolute Gasteiger partial charge is 0.466 e. The van der Waals surface area contributed by atoms with E-state index < -0.39 is 9.04 Å². The number of methoxy groups -OCH3 is 1. The molecule has 1 aromatic carbocycles. The van der Waals surface area contributed by atoms with E-state index in [0.29, 0.717) is 6.04 Å². The lowest BCUT2D eigenvalue weighted by molar-refractivity contribution is -0.134. The highest BCUT2D eigenvalue weighted by molar-refractivity contribution is 6.53. The molecule has 1 aliphatic carbocycles. The molecule has 33 heavy (non-hydrogen) atoms. The molecule has 1 aromatic heterocycles. The topological polar surface area (TPSA) is 51.7 Å². The number of rotatable bonds is 10. The molecule has 1 aliphatic rings. The minimum atomic E-state index is -0.855. The maximum absolute atomic E-state index is 11.4. The van der Waals surface area contributed by atoms with Crippen molar-refractivity contribution in [3.8, 4) is 0 Å². The van der Waals surface area contributed by atoms with Crippen LogP contribution in [0.3, 0.4) is 0 Å². The molecule has 0 N–H and O–H groups in total. The standard InChI is InChI=1S/C27H37N2O3Si/c1-27(2,3)33(5)32-19-18-29(17-15-23-8-6-7-16-28-23)25-13-11-22-20-21(9-12-24(22)25)10-14-26(30)31-4/h6-10,12,14,16,20,25H,11,13,15,17-19H2,1-5H3/q+1/b14-10+. The fourth-order valence-electron chi connectivity index (χ4n) is 4.09. The first-order chi connectivity index (χ1) is 15.8. The fraction of sp³-hybridized carbons (Fsp3) is 0.481. The van der Waals surface area contributed by atoms with Crippen molar-refractivity contribution in [2.75, 3.05) is 26.8 Å². The van der Waals surface area contributed by atoms with Crippen molar-refractivity contribution in [2.45, 2.75) is 57.7 Å². The van der Waals surface area contributed by atoms with Crippen molar-refractivity contribution in [1.82, 2.24) is 9.88 Å². The number of ether oxygens (including phenoxy) is 1. The number of pyridine rings is 1. The predicted molar refractivity (Wildman–Crippen MR) is 135 cm³/mol. The second-order valence-electron chi connectivity index (χ2n) is 9.63. The first-order valence-corrected chi connectivity index (χ1v) is 13.7. The van der Waals surface area contributed by atoms with E-state index in [0.717, 1.165) is 50.2 Å². The van der Waals surface area contributed by atoms with Crippen LogP contribution in [0.2, 0.25) is 11.6 Å². The largest absolute Gasteiger partial charge is 0.475 e. The van der Waals surface area contributed by atoms with Gasteiger partial charge in [-0.05, 0) is 68.5 Å². The maximum Gasteiger partial charge on any atom is 0.475 e. The molecule has 0 radical (unpaired) electrons. The number of esters is 1. The summed E-state index contributed by atoms with van der Waals surface area (Å²) in [6.07, 6.45) is 8.24. The van der Waals surface area contributed by atoms with Gasteiger partial charge in [-0.2, -0.15) is 0 Å². The van der Waals surface area contributed by atoms with E-state index >= 15 is 0 Å². The number of carbonyl (C=O) groups is 1. The Balaban J connectivity index is 1.72. The third-order valence-corrected chi connectivity index (χ3v) is 9.15. The van der Waals surface area contributed by atoms with Gasteiger partial charge in [0, 0.05) is 43.5 Å². The number of hydrogen-bond donors (Lipinski definition) is 0. The number of carbonyl (C=O) groups excluding carboxylic acids is 1. The molecule has 0 saturated heterocycles. The molecular weight excluding hydrogens is 428 g/mol. The summed E-state index contributed by atoms with van der Waals surface area (Å²) in [6.45, 7) is 11.7. The van der Waals surface area contributed by atoms with E-state index in [-0.39, 0.29) is 11.0 Å². The lowest BCUT2D eigenvalue weighted by atomic mass is 10.0. The lowest BCUT2D eigenvalue weighted by Crippen LogP contribution is -2.35. The average molecular weight is 466 g/mol. The van der Waals surface area contributed by atoms with Crippen molar-refractivity contribution >= 4 is 21.1 Å². The van der Waals surface area contributed by atoms with Crippen LogP contribution >= 0.6 is 0 Å². The summed E-state index contributed by atoms with van der Waals surface area (Å²) in [5, 5.41) is 0.234. The van der Waals surface area contributed by atoms with Crippen LogP contribution < -0.4 is 0 Å². The van der Waals surface area contributed by atoms with Gasteiger partial charge < -0.3 is 4.74 Å². The molecule has 176 valence electrons. The van der Waals surface area contributed by atoms with Crippen molar-refractivity contribution < 1.29 is 14.0 Å². The molecule has 2 aromatic rings. The first-order valence-electron chi connectivity index (χ1n) is 11.8. The SMILES string of the molecule is COC(=O)/C=C/c1ccc2c(c1)CCC2N(CCO[Si+](C)C(C)(C)C)CCc1ccccn1. The zero-order chi connectivity index (χ0) is 23.8. The summed E-state index contributed by atoms with van der Waals surface area (Å²) in [6, 6.07) is 13.0. The van der Waals surface area contributed by atoms with Gasteiger partial charge in [-0.25, -0.2) is 9.22 Å². The zero-order valence-electron chi connectivity index (χ0n) is 20.6. The van der Waals surface area contributed by atoms with Crippen molar-refractivity contribution in [3.05, 3.63) is 71.1 Å². The molecule has 5 nitrogen and oxygen atoms in total. The van der Waals surface area contributed by atoms with Crippen LogP contribution in [0.5, 0.6) is 0 Å². The van der Waals surface area contributed by atoms with E-state index in [1.807, 2.05) is 18.3 Å². The van der Waals surface area contributed by atoms with Gasteiger partial charge in [-0.3, -0.25) is 9.88 Å². The molecule has 0 bridgehead atoms. The van der Waals surface area contributed by atoms with Gasteiger partial charge in [-0.15, -0.1) is 0 Å². The average Bonchev–Trinajstić information content (AvgIpc) is 3.22. The van der Waals surface area contributed by atoms with Gasteiger partial charge in [0.2, 0.25) is 0 Å². The van der Waals surface area contributed by atoms with Gasteiger partial charge in [0.05, 0.1) is 20.3 Å². The van der Waals surface area contributed by atoms with Crippen LogP contribution in [0.1, 0.15) is 55.6 Å². The van der Waals surface area contributed by atoms with Gasteiger partial charge in [0.1, 0.15) is 5.04 Å². The Morgan fingerprint density at radius 1 is 1.24 bits per heavy atom. The molecule has 0 saturated carbocycles. The first kappa shape index (κ1) is 25.3. The van der Waals surface area contributed by atoms with Crippen molar-refractivity contribution in [3.63, 3.8) is 0 Å². The highest BCUT2D eigenvalue weighted by Crippen LogP contribution is 2.36. The molecule has 0 fully saturated rings. The molecule has 0 spiro atoms. The third kappa shape index (κ3) is 7.35. The number of nitrogens with zero attached hydrogens (tertiary/aromatic N) is 2. The quantitative estimate of drug-likeness (QED) is 0.273. The summed E-state index contributed by atoms with van der Waals surface area (Å²) in [5.41, 5.74) is 4.92. The highest BCUT2D eigenvalue weighted by atomic mass is 28.3. The molecule has 0 amide bonds. The Hall–Kier alpha value is -2.28. The van der Waals surface area contributed by atoms with Gasteiger partial charge >= 0.3 is 15.0 Å². The maximum atomic E-state index is 11.4. The summed E-state index contributed by atoms with van der Waals surface area (Å²) >= 11 is 0. The summed E-state index contributed by atoms with van der Waals surface area (Å²) in [7, 11) is 0.541. The van der Waals surface area contributed by atoms with Gasteiger partial charge in [0.25, 0.3) is 0 Å². The third-order valence-electron chi connectivity index (χ3n) is 6.40. The van der Waals surface area contributed by atoms with Crippen LogP contribution in [0.15, 0.2) is 48.7 Å². The van der Waals surface area contributed by atoms with E-state index in [2.05, 4.69) is 67.5 Å². The summed E-state index contributed by atoms with van der Waals surface area (Å²) in [4.78, 5) is 18.5. The minimum absolute atomic E-state index is 0.234. The van der Waals surface area contributed by atoms with Crippen LogP contribution in [0.25, 0.3) is 6.08 Å². The summed E-state index contributed by atoms with van der Waals surface area (Å²) < 4.78 is 11.0. The van der Waals surface area contributed by atoms with Gasteiger partial charge in [-0.1, -0.05) is 24.3 Å². The van der Waals surface area contributed by atoms with Crippen LogP contribution in [-0.2, 0) is 26.8 Å². The normalized spacial score (nSPS) is 15.8. The summed E-state index contributed by atoms with van der Waals surface area (Å²) in [5.74, 6) is -0.332. The van der Waals surface area contributed by atoms with E-state index in [1.165, 1.54) is 24.3 Å². The predicted octanol–water partition coefficient (Wildman–Crippen LogP) is 5.24. The Bertz CT molecular complexity index is 940. The molecule has 0 aliphatic heterocycles. The molecule has 6 heteroatoms. The second-order valence-corrected chi connectivity index (χ2v) is 12.5. The monoisotopic (exact) mass is 465 g/mol. The second kappa shape index (κ2) is 11.7.